The van der Waals surface area contributed by atoms with E-state index in [1.165, 1.54) is 43.4 Å². The van der Waals surface area contributed by atoms with E-state index < -0.39 is 0 Å². The molecule has 5 unspecified atom stereocenters. The van der Waals surface area contributed by atoms with E-state index in [1.807, 2.05) is 0 Å². The monoisotopic (exact) mass is 353 g/mol. The Morgan fingerprint density at radius 2 is 2.12 bits per heavy atom. The Labute approximate surface area is 157 Å². The fraction of sp³-hybridized carbons (Fsp3) is 0.652. The molecule has 5 rings (SSSR count). The predicted molar refractivity (Wildman–Crippen MR) is 103 cm³/mol. The maximum atomic E-state index is 6.59. The number of hydrogen-bond acceptors (Lipinski definition) is 3. The molecule has 4 aliphatic rings. The fourth-order valence-electron chi connectivity index (χ4n) is 6.39. The maximum Gasteiger partial charge on any atom is 0.0974 e. The molecule has 3 nitrogen and oxygen atoms in total. The van der Waals surface area contributed by atoms with Crippen LogP contribution in [0.5, 0.6) is 0 Å². The summed E-state index contributed by atoms with van der Waals surface area (Å²) in [4.78, 5) is 0. The summed E-state index contributed by atoms with van der Waals surface area (Å²) in [6.45, 7) is 5.19. The summed E-state index contributed by atoms with van der Waals surface area (Å²) in [5, 5.41) is 4.00. The summed E-state index contributed by atoms with van der Waals surface area (Å²) in [5.74, 6) is 3.20. The first-order chi connectivity index (χ1) is 12.8. The number of nitrogens with one attached hydrogen (secondary N) is 1. The molecule has 5 atom stereocenters. The van der Waals surface area contributed by atoms with Crippen molar-refractivity contribution < 1.29 is 9.47 Å². The molecule has 3 heteroatoms. The molecule has 140 valence electrons. The highest BCUT2D eigenvalue weighted by Crippen LogP contribution is 2.57. The minimum Gasteiger partial charge on any atom is -0.498 e. The Morgan fingerprint density at radius 3 is 3.00 bits per heavy atom. The number of rotatable bonds is 3. The van der Waals surface area contributed by atoms with Crippen molar-refractivity contribution in [2.75, 3.05) is 13.2 Å². The molecule has 0 aromatic heterocycles. The maximum absolute atomic E-state index is 6.59. The third-order valence-corrected chi connectivity index (χ3v) is 7.34. The van der Waals surface area contributed by atoms with Crippen LogP contribution >= 0.6 is 0 Å². The lowest BCUT2D eigenvalue weighted by atomic mass is 9.52. The van der Waals surface area contributed by atoms with Crippen molar-refractivity contribution in [3.8, 4) is 0 Å². The number of piperidine rings is 1. The van der Waals surface area contributed by atoms with E-state index >= 15 is 0 Å². The molecule has 2 aliphatic heterocycles. The first-order valence-electron chi connectivity index (χ1n) is 10.5. The van der Waals surface area contributed by atoms with Gasteiger partial charge in [0.05, 0.1) is 25.1 Å². The van der Waals surface area contributed by atoms with Gasteiger partial charge in [-0.3, -0.25) is 0 Å². The zero-order valence-corrected chi connectivity index (χ0v) is 15.9. The average molecular weight is 354 g/mol. The van der Waals surface area contributed by atoms with Crippen molar-refractivity contribution >= 4 is 0 Å². The van der Waals surface area contributed by atoms with Gasteiger partial charge in [0.25, 0.3) is 0 Å². The third-order valence-electron chi connectivity index (χ3n) is 7.34. The van der Waals surface area contributed by atoms with Gasteiger partial charge in [0, 0.05) is 12.0 Å². The van der Waals surface area contributed by atoms with E-state index in [2.05, 4.69) is 42.6 Å². The second-order valence-corrected chi connectivity index (χ2v) is 8.81. The van der Waals surface area contributed by atoms with Crippen molar-refractivity contribution in [2.24, 2.45) is 17.8 Å². The van der Waals surface area contributed by atoms with Crippen LogP contribution in [0.15, 0.2) is 41.7 Å². The summed E-state index contributed by atoms with van der Waals surface area (Å²) >= 11 is 0. The SMILES string of the molecule is CC1CC23NCCCC2C(CC2=C3CCCO2)C1OCc1ccccc1. The van der Waals surface area contributed by atoms with Gasteiger partial charge in [-0.2, -0.15) is 0 Å². The Kier molecular flexibility index (Phi) is 4.33. The molecule has 1 aromatic rings. The second kappa shape index (κ2) is 6.69. The van der Waals surface area contributed by atoms with Gasteiger partial charge in [-0.25, -0.2) is 0 Å². The van der Waals surface area contributed by atoms with Gasteiger partial charge < -0.3 is 14.8 Å². The molecule has 2 fully saturated rings. The molecule has 0 amide bonds. The van der Waals surface area contributed by atoms with Gasteiger partial charge in [-0.15, -0.1) is 0 Å². The van der Waals surface area contributed by atoms with Gasteiger partial charge in [0.1, 0.15) is 0 Å². The molecule has 1 saturated carbocycles. The number of benzene rings is 1. The number of allylic oxidation sites excluding steroid dienone is 1. The smallest absolute Gasteiger partial charge is 0.0974 e. The van der Waals surface area contributed by atoms with Crippen LogP contribution in [0.1, 0.15) is 51.0 Å². The summed E-state index contributed by atoms with van der Waals surface area (Å²) in [6.07, 6.45) is 7.69. The van der Waals surface area contributed by atoms with Crippen LogP contribution in [0.2, 0.25) is 0 Å². The molecule has 26 heavy (non-hydrogen) atoms. The van der Waals surface area contributed by atoms with Crippen LogP contribution in [-0.2, 0) is 16.1 Å². The van der Waals surface area contributed by atoms with Crippen molar-refractivity contribution in [2.45, 2.75) is 63.7 Å². The minimum atomic E-state index is 0.197. The first kappa shape index (κ1) is 16.8. The Morgan fingerprint density at radius 1 is 1.23 bits per heavy atom. The van der Waals surface area contributed by atoms with Crippen LogP contribution in [0.4, 0.5) is 0 Å². The van der Waals surface area contributed by atoms with Crippen molar-refractivity contribution in [1.29, 1.82) is 0 Å². The zero-order chi connectivity index (χ0) is 17.6. The average Bonchev–Trinajstić information content (AvgIpc) is 2.68. The molecule has 0 radical (unpaired) electrons. The fourth-order valence-corrected chi connectivity index (χ4v) is 6.39. The van der Waals surface area contributed by atoms with Crippen molar-refractivity contribution in [1.82, 2.24) is 5.32 Å². The molecule has 1 saturated heterocycles. The zero-order valence-electron chi connectivity index (χ0n) is 15.9. The molecule has 0 spiro atoms. The highest BCUT2D eigenvalue weighted by atomic mass is 16.5. The lowest BCUT2D eigenvalue weighted by molar-refractivity contribution is -0.120. The van der Waals surface area contributed by atoms with E-state index in [1.54, 1.807) is 5.57 Å². The van der Waals surface area contributed by atoms with Crippen LogP contribution in [0, 0.1) is 17.8 Å². The van der Waals surface area contributed by atoms with E-state index in [0.29, 0.717) is 23.9 Å². The number of ether oxygens (including phenoxy) is 2. The quantitative estimate of drug-likeness (QED) is 0.872. The Bertz CT molecular complexity index is 685. The molecule has 1 aromatic carbocycles. The molecular weight excluding hydrogens is 322 g/mol. The highest BCUT2D eigenvalue weighted by Gasteiger charge is 2.58. The van der Waals surface area contributed by atoms with Gasteiger partial charge in [-0.05, 0) is 67.5 Å². The van der Waals surface area contributed by atoms with Crippen LogP contribution in [-0.4, -0.2) is 24.8 Å². The van der Waals surface area contributed by atoms with Crippen LogP contribution < -0.4 is 5.32 Å². The molecule has 1 N–H and O–H groups in total. The van der Waals surface area contributed by atoms with Gasteiger partial charge in [0.15, 0.2) is 0 Å². The Balaban J connectivity index is 1.44. The lowest BCUT2D eigenvalue weighted by Crippen LogP contribution is -2.66. The Hall–Kier alpha value is -1.32. The second-order valence-electron chi connectivity index (χ2n) is 8.81. The van der Waals surface area contributed by atoms with Gasteiger partial charge in [-0.1, -0.05) is 37.3 Å². The highest BCUT2D eigenvalue weighted by molar-refractivity contribution is 5.34. The van der Waals surface area contributed by atoms with Crippen LogP contribution in [0.25, 0.3) is 0 Å². The summed E-state index contributed by atoms with van der Waals surface area (Å²) in [7, 11) is 0. The third kappa shape index (κ3) is 2.63. The molecule has 2 bridgehead atoms. The van der Waals surface area contributed by atoms with Crippen molar-refractivity contribution in [3.05, 3.63) is 47.2 Å². The van der Waals surface area contributed by atoms with E-state index in [-0.39, 0.29) is 5.54 Å². The number of hydrogen-bond donors (Lipinski definition) is 1. The predicted octanol–water partition coefficient (Wildman–Crippen LogP) is 4.43. The topological polar surface area (TPSA) is 30.5 Å². The largest absolute Gasteiger partial charge is 0.498 e. The summed E-state index contributed by atoms with van der Waals surface area (Å²) < 4.78 is 12.8. The van der Waals surface area contributed by atoms with E-state index in [0.717, 1.165) is 26.2 Å². The molecular formula is C23H31NO2. The minimum absolute atomic E-state index is 0.197. The van der Waals surface area contributed by atoms with E-state index in [9.17, 15) is 0 Å². The summed E-state index contributed by atoms with van der Waals surface area (Å²) in [5.41, 5.74) is 3.10. The van der Waals surface area contributed by atoms with Gasteiger partial charge >= 0.3 is 0 Å². The standard InChI is InChI=1S/C23H31NO2/c1-16-14-23-19(9-5-11-24-23)18(13-21-20(23)10-6-12-25-21)22(16)26-15-17-7-3-2-4-8-17/h2-4,7-8,16,18-19,22,24H,5-6,9-15H2,1H3. The van der Waals surface area contributed by atoms with E-state index in [4.69, 9.17) is 9.47 Å². The lowest BCUT2D eigenvalue weighted by Gasteiger charge is -2.60. The van der Waals surface area contributed by atoms with Crippen LogP contribution in [0.3, 0.4) is 0 Å². The van der Waals surface area contributed by atoms with Crippen molar-refractivity contribution in [3.63, 3.8) is 0 Å². The first-order valence-corrected chi connectivity index (χ1v) is 10.5. The summed E-state index contributed by atoms with van der Waals surface area (Å²) in [6, 6.07) is 10.6. The normalized spacial score (nSPS) is 39.0. The molecule has 2 heterocycles. The molecule has 2 aliphatic carbocycles. The van der Waals surface area contributed by atoms with Gasteiger partial charge in [0.2, 0.25) is 0 Å².